The zero-order valence-corrected chi connectivity index (χ0v) is 14.8. The topological polar surface area (TPSA) is 54.9 Å². The van der Waals surface area contributed by atoms with Crippen molar-refractivity contribution in [2.75, 3.05) is 26.9 Å². The van der Waals surface area contributed by atoms with Gasteiger partial charge in [0.1, 0.15) is 0 Å². The minimum absolute atomic E-state index is 0.335. The third kappa shape index (κ3) is 3.66. The molecular weight excluding hydrogens is 290 g/mol. The largest absolute Gasteiger partial charge is 0.381 e. The molecule has 2 atom stereocenters. The normalized spacial score (nSPS) is 31.7. The molecule has 0 aromatic rings. The van der Waals surface area contributed by atoms with Gasteiger partial charge in [-0.25, -0.2) is 0 Å². The van der Waals surface area contributed by atoms with Gasteiger partial charge in [0.05, 0.1) is 6.10 Å². The second-order valence-corrected chi connectivity index (χ2v) is 7.27. The van der Waals surface area contributed by atoms with Crippen LogP contribution in [0.15, 0.2) is 4.99 Å². The Labute approximate surface area is 140 Å². The number of nitrogens with zero attached hydrogens (tertiary/aromatic N) is 1. The van der Waals surface area contributed by atoms with E-state index < -0.39 is 0 Å². The van der Waals surface area contributed by atoms with Crippen LogP contribution in [-0.2, 0) is 9.47 Å². The number of aliphatic imine (C=N–C) groups is 1. The Balaban J connectivity index is 1.58. The molecule has 0 aromatic carbocycles. The standard InChI is InChI=1S/C18H33N3O2/c1-3-23-16-13-15(18(16)9-5-4-6-10-18)21-17(19-2)20-14-7-11-22-12-8-14/h14-16H,3-13H2,1-2H3,(H2,19,20,21). The number of hydrogen-bond acceptors (Lipinski definition) is 3. The summed E-state index contributed by atoms with van der Waals surface area (Å²) in [5, 5.41) is 7.31. The summed E-state index contributed by atoms with van der Waals surface area (Å²) in [7, 11) is 1.88. The fourth-order valence-corrected chi connectivity index (χ4v) is 4.64. The van der Waals surface area contributed by atoms with Crippen LogP contribution in [-0.4, -0.2) is 51.0 Å². The number of ether oxygens (including phenoxy) is 2. The van der Waals surface area contributed by atoms with Crippen molar-refractivity contribution >= 4 is 5.96 Å². The molecule has 2 aliphatic carbocycles. The van der Waals surface area contributed by atoms with E-state index in [1.165, 1.54) is 32.1 Å². The van der Waals surface area contributed by atoms with Gasteiger partial charge in [0, 0.05) is 44.4 Å². The van der Waals surface area contributed by atoms with Gasteiger partial charge in [-0.2, -0.15) is 0 Å². The summed E-state index contributed by atoms with van der Waals surface area (Å²) in [5.41, 5.74) is 0.335. The Morgan fingerprint density at radius 1 is 1.17 bits per heavy atom. The van der Waals surface area contributed by atoms with Crippen molar-refractivity contribution in [3.05, 3.63) is 0 Å². The molecule has 2 unspecified atom stereocenters. The van der Waals surface area contributed by atoms with Gasteiger partial charge in [-0.1, -0.05) is 19.3 Å². The van der Waals surface area contributed by atoms with Crippen LogP contribution in [0.1, 0.15) is 58.3 Å². The van der Waals surface area contributed by atoms with Crippen LogP contribution in [0.3, 0.4) is 0 Å². The van der Waals surface area contributed by atoms with Crippen molar-refractivity contribution in [3.8, 4) is 0 Å². The van der Waals surface area contributed by atoms with E-state index in [1.807, 2.05) is 7.05 Å². The smallest absolute Gasteiger partial charge is 0.191 e. The molecule has 3 aliphatic rings. The van der Waals surface area contributed by atoms with Crippen LogP contribution in [0.2, 0.25) is 0 Å². The summed E-state index contributed by atoms with van der Waals surface area (Å²) in [6.45, 7) is 4.65. The highest BCUT2D eigenvalue weighted by atomic mass is 16.5. The average Bonchev–Trinajstić information content (AvgIpc) is 2.61. The predicted molar refractivity (Wildman–Crippen MR) is 92.8 cm³/mol. The molecule has 2 N–H and O–H groups in total. The summed E-state index contributed by atoms with van der Waals surface area (Å²) in [6, 6.07) is 0.991. The van der Waals surface area contributed by atoms with Gasteiger partial charge < -0.3 is 20.1 Å². The molecule has 23 heavy (non-hydrogen) atoms. The minimum atomic E-state index is 0.335. The molecule has 3 rings (SSSR count). The van der Waals surface area contributed by atoms with Gasteiger partial charge in [0.25, 0.3) is 0 Å². The Bertz CT molecular complexity index is 401. The first-order valence-electron chi connectivity index (χ1n) is 9.47. The molecule has 5 heteroatoms. The van der Waals surface area contributed by atoms with Gasteiger partial charge in [-0.05, 0) is 39.0 Å². The fraction of sp³-hybridized carbons (Fsp3) is 0.944. The van der Waals surface area contributed by atoms with Gasteiger partial charge in [-0.3, -0.25) is 4.99 Å². The molecule has 3 fully saturated rings. The van der Waals surface area contributed by atoms with E-state index in [-0.39, 0.29) is 0 Å². The predicted octanol–water partition coefficient (Wildman–Crippen LogP) is 2.46. The molecular formula is C18H33N3O2. The third-order valence-electron chi connectivity index (χ3n) is 6.03. The lowest BCUT2D eigenvalue weighted by Crippen LogP contribution is -2.67. The average molecular weight is 323 g/mol. The van der Waals surface area contributed by atoms with Gasteiger partial charge in [0.15, 0.2) is 5.96 Å². The summed E-state index contributed by atoms with van der Waals surface area (Å²) in [6.07, 6.45) is 10.3. The highest BCUT2D eigenvalue weighted by molar-refractivity contribution is 5.80. The molecule has 0 bridgehead atoms. The molecule has 5 nitrogen and oxygen atoms in total. The summed E-state index contributed by atoms with van der Waals surface area (Å²) >= 11 is 0. The SMILES string of the molecule is CCOC1CC(NC(=NC)NC2CCOCC2)C12CCCCC2. The number of hydrogen-bond donors (Lipinski definition) is 2. The van der Waals surface area contributed by atoms with Crippen LogP contribution in [0.4, 0.5) is 0 Å². The maximum atomic E-state index is 6.05. The van der Waals surface area contributed by atoms with E-state index in [9.17, 15) is 0 Å². The zero-order valence-electron chi connectivity index (χ0n) is 14.8. The first kappa shape index (κ1) is 17.0. The molecule has 1 saturated heterocycles. The van der Waals surface area contributed by atoms with Crippen LogP contribution in [0.5, 0.6) is 0 Å². The fourth-order valence-electron chi connectivity index (χ4n) is 4.64. The highest BCUT2D eigenvalue weighted by Gasteiger charge is 2.55. The van der Waals surface area contributed by atoms with Gasteiger partial charge in [0.2, 0.25) is 0 Å². The number of rotatable bonds is 4. The molecule has 132 valence electrons. The molecule has 1 spiro atoms. The van der Waals surface area contributed by atoms with Gasteiger partial charge >= 0.3 is 0 Å². The van der Waals surface area contributed by atoms with Crippen molar-refractivity contribution in [2.45, 2.75) is 76.5 Å². The molecule has 1 heterocycles. The Morgan fingerprint density at radius 3 is 2.57 bits per heavy atom. The van der Waals surface area contributed by atoms with Crippen LogP contribution in [0, 0.1) is 5.41 Å². The monoisotopic (exact) mass is 323 g/mol. The maximum absolute atomic E-state index is 6.05. The van der Waals surface area contributed by atoms with E-state index >= 15 is 0 Å². The van der Waals surface area contributed by atoms with Crippen LogP contribution >= 0.6 is 0 Å². The molecule has 0 amide bonds. The summed E-state index contributed by atoms with van der Waals surface area (Å²) in [5.74, 6) is 0.960. The van der Waals surface area contributed by atoms with Crippen molar-refractivity contribution < 1.29 is 9.47 Å². The quantitative estimate of drug-likeness (QED) is 0.616. The van der Waals surface area contributed by atoms with E-state index in [2.05, 4.69) is 22.5 Å². The first-order chi connectivity index (χ1) is 11.3. The molecule has 2 saturated carbocycles. The lowest BCUT2D eigenvalue weighted by molar-refractivity contribution is -0.145. The Kier molecular flexibility index (Phi) is 5.81. The second-order valence-electron chi connectivity index (χ2n) is 7.27. The maximum Gasteiger partial charge on any atom is 0.191 e. The number of nitrogens with one attached hydrogen (secondary N) is 2. The third-order valence-corrected chi connectivity index (χ3v) is 6.03. The van der Waals surface area contributed by atoms with Crippen molar-refractivity contribution in [3.63, 3.8) is 0 Å². The van der Waals surface area contributed by atoms with E-state index in [0.29, 0.717) is 23.6 Å². The molecule has 1 aliphatic heterocycles. The minimum Gasteiger partial charge on any atom is -0.381 e. The Morgan fingerprint density at radius 2 is 1.91 bits per heavy atom. The Hall–Kier alpha value is -0.810. The highest BCUT2D eigenvalue weighted by Crippen LogP contribution is 2.53. The van der Waals surface area contributed by atoms with Crippen LogP contribution < -0.4 is 10.6 Å². The zero-order chi connectivity index (χ0) is 16.1. The van der Waals surface area contributed by atoms with E-state index in [0.717, 1.165) is 45.0 Å². The van der Waals surface area contributed by atoms with E-state index in [1.54, 1.807) is 0 Å². The second kappa shape index (κ2) is 7.84. The summed E-state index contributed by atoms with van der Waals surface area (Å²) in [4.78, 5) is 4.47. The molecule has 0 radical (unpaired) electrons. The molecule has 0 aromatic heterocycles. The van der Waals surface area contributed by atoms with Crippen molar-refractivity contribution in [2.24, 2.45) is 10.4 Å². The van der Waals surface area contributed by atoms with Crippen LogP contribution in [0.25, 0.3) is 0 Å². The number of guanidine groups is 1. The lowest BCUT2D eigenvalue weighted by atomic mass is 9.55. The lowest BCUT2D eigenvalue weighted by Gasteiger charge is -2.58. The first-order valence-corrected chi connectivity index (χ1v) is 9.47. The van der Waals surface area contributed by atoms with Crippen molar-refractivity contribution in [1.29, 1.82) is 0 Å². The van der Waals surface area contributed by atoms with Gasteiger partial charge in [-0.15, -0.1) is 0 Å². The summed E-state index contributed by atoms with van der Waals surface area (Å²) < 4.78 is 11.5. The van der Waals surface area contributed by atoms with Crippen molar-refractivity contribution in [1.82, 2.24) is 10.6 Å². The van der Waals surface area contributed by atoms with E-state index in [4.69, 9.17) is 9.47 Å².